The molecule has 0 bridgehead atoms. The molecule has 2 N–H and O–H groups in total. The minimum atomic E-state index is -0.485. The van der Waals surface area contributed by atoms with Gasteiger partial charge in [-0.05, 0) is 57.3 Å². The van der Waals surface area contributed by atoms with Gasteiger partial charge in [0.2, 0.25) is 5.91 Å². The van der Waals surface area contributed by atoms with Crippen molar-refractivity contribution in [2.24, 2.45) is 17.8 Å². The maximum atomic E-state index is 12.6. The Morgan fingerprint density at radius 3 is 2.86 bits per heavy atom. The van der Waals surface area contributed by atoms with Crippen molar-refractivity contribution in [3.63, 3.8) is 0 Å². The number of nitrogens with one attached hydrogen (secondary N) is 2. The summed E-state index contributed by atoms with van der Waals surface area (Å²) in [6, 6.07) is 4.09. The van der Waals surface area contributed by atoms with Crippen LogP contribution in [0.4, 0.5) is 0 Å². The molecule has 4 rings (SSSR count). The van der Waals surface area contributed by atoms with Gasteiger partial charge in [0, 0.05) is 12.1 Å². The van der Waals surface area contributed by atoms with Crippen molar-refractivity contribution >= 4 is 11.4 Å². The number of carbonyl (C=O) groups excluding carboxylic acids is 1. The number of amides is 1. The van der Waals surface area contributed by atoms with Gasteiger partial charge in [-0.2, -0.15) is 0 Å². The van der Waals surface area contributed by atoms with Crippen molar-refractivity contribution in [2.45, 2.75) is 26.3 Å². The molecular weight excluding hydrogens is 276 g/mol. The lowest BCUT2D eigenvalue weighted by atomic mass is 10.0. The third-order valence-electron chi connectivity index (χ3n) is 5.17. The number of carbonyl (C=O) groups is 1. The van der Waals surface area contributed by atoms with E-state index in [2.05, 4.69) is 33.0 Å². The van der Waals surface area contributed by atoms with Gasteiger partial charge in [-0.25, -0.2) is 4.98 Å². The number of hydrogen-bond donors (Lipinski definition) is 2. The first kappa shape index (κ1) is 13.8. The van der Waals surface area contributed by atoms with Gasteiger partial charge in [-0.3, -0.25) is 4.79 Å². The number of pyridine rings is 1. The van der Waals surface area contributed by atoms with E-state index in [4.69, 9.17) is 0 Å². The monoisotopic (exact) mass is 298 g/mol. The smallest absolute Gasteiger partial charge is 0.224 e. The Labute approximate surface area is 130 Å². The van der Waals surface area contributed by atoms with Gasteiger partial charge < -0.3 is 15.0 Å². The standard InChI is InChI=1S/C17H22N4O/c1-10-5-4-6-21-13(10)9-19-16(21)17(2,3)20-15(22)14-11-7-18-8-12(11)14/h4-6,9,11-12,14,18H,7-8H2,1-3H3,(H,20,22). The van der Waals surface area contributed by atoms with Crippen LogP contribution in [0.5, 0.6) is 0 Å². The Morgan fingerprint density at radius 2 is 2.14 bits per heavy atom. The molecule has 5 nitrogen and oxygen atoms in total. The van der Waals surface area contributed by atoms with Crippen molar-refractivity contribution in [3.05, 3.63) is 35.9 Å². The maximum Gasteiger partial charge on any atom is 0.224 e. The zero-order valence-corrected chi connectivity index (χ0v) is 13.3. The molecule has 2 aromatic heterocycles. The lowest BCUT2D eigenvalue weighted by Gasteiger charge is -2.26. The zero-order valence-electron chi connectivity index (χ0n) is 13.3. The average Bonchev–Trinajstić information content (AvgIpc) is 2.85. The summed E-state index contributed by atoms with van der Waals surface area (Å²) in [4.78, 5) is 17.1. The van der Waals surface area contributed by atoms with E-state index in [9.17, 15) is 4.79 Å². The van der Waals surface area contributed by atoms with Crippen LogP contribution in [-0.2, 0) is 10.3 Å². The van der Waals surface area contributed by atoms with Crippen LogP contribution in [0.3, 0.4) is 0 Å². The number of nitrogens with zero attached hydrogens (tertiary/aromatic N) is 2. The molecule has 116 valence electrons. The van der Waals surface area contributed by atoms with Crippen LogP contribution in [0.25, 0.3) is 5.52 Å². The van der Waals surface area contributed by atoms with E-state index < -0.39 is 5.54 Å². The van der Waals surface area contributed by atoms with E-state index in [1.54, 1.807) is 0 Å². The number of rotatable bonds is 3. The van der Waals surface area contributed by atoms with Gasteiger partial charge >= 0.3 is 0 Å². The summed E-state index contributed by atoms with van der Waals surface area (Å²) >= 11 is 0. The van der Waals surface area contributed by atoms with Crippen molar-refractivity contribution in [3.8, 4) is 0 Å². The third-order valence-corrected chi connectivity index (χ3v) is 5.17. The molecule has 1 saturated heterocycles. The summed E-state index contributed by atoms with van der Waals surface area (Å²) in [7, 11) is 0. The van der Waals surface area contributed by atoms with E-state index in [1.165, 1.54) is 5.56 Å². The van der Waals surface area contributed by atoms with Crippen molar-refractivity contribution in [2.75, 3.05) is 13.1 Å². The molecule has 3 heterocycles. The van der Waals surface area contributed by atoms with Crippen LogP contribution in [0.2, 0.25) is 0 Å². The van der Waals surface area contributed by atoms with Gasteiger partial charge in [0.1, 0.15) is 5.82 Å². The van der Waals surface area contributed by atoms with Crippen LogP contribution in [0, 0.1) is 24.7 Å². The van der Waals surface area contributed by atoms with Crippen LogP contribution in [0.1, 0.15) is 25.2 Å². The molecule has 2 aromatic rings. The summed E-state index contributed by atoms with van der Waals surface area (Å²) in [5.41, 5.74) is 1.79. The predicted octanol–water partition coefficient (Wildman–Crippen LogP) is 1.46. The van der Waals surface area contributed by atoms with Crippen molar-refractivity contribution in [1.82, 2.24) is 20.0 Å². The van der Waals surface area contributed by atoms with Gasteiger partial charge in [-0.1, -0.05) is 6.07 Å². The normalized spacial score (nSPS) is 27.0. The molecule has 2 aliphatic rings. The number of aryl methyl sites for hydroxylation is 1. The quantitative estimate of drug-likeness (QED) is 0.902. The van der Waals surface area contributed by atoms with E-state index >= 15 is 0 Å². The highest BCUT2D eigenvalue weighted by Crippen LogP contribution is 2.49. The number of fused-ring (bicyclic) bond motifs is 2. The topological polar surface area (TPSA) is 58.4 Å². The Morgan fingerprint density at radius 1 is 1.41 bits per heavy atom. The largest absolute Gasteiger partial charge is 0.344 e. The highest BCUT2D eigenvalue weighted by Gasteiger charge is 2.57. The number of imidazole rings is 1. The van der Waals surface area contributed by atoms with Crippen molar-refractivity contribution in [1.29, 1.82) is 0 Å². The molecule has 1 saturated carbocycles. The number of aromatic nitrogens is 2. The van der Waals surface area contributed by atoms with Crippen LogP contribution in [0.15, 0.2) is 24.5 Å². The van der Waals surface area contributed by atoms with Gasteiger partial charge in [0.25, 0.3) is 0 Å². The second-order valence-corrected chi connectivity index (χ2v) is 7.15. The van der Waals surface area contributed by atoms with Crippen LogP contribution >= 0.6 is 0 Å². The first-order valence-corrected chi connectivity index (χ1v) is 7.95. The van der Waals surface area contributed by atoms with E-state index in [1.807, 2.05) is 32.3 Å². The second kappa shape index (κ2) is 4.56. The molecule has 1 aliphatic heterocycles. The first-order valence-electron chi connectivity index (χ1n) is 7.95. The highest BCUT2D eigenvalue weighted by molar-refractivity contribution is 5.83. The summed E-state index contributed by atoms with van der Waals surface area (Å²) in [6.45, 7) is 8.09. The Balaban J connectivity index is 1.59. The zero-order chi connectivity index (χ0) is 15.5. The van der Waals surface area contributed by atoms with Gasteiger partial charge in [-0.15, -0.1) is 0 Å². The molecule has 2 atom stereocenters. The van der Waals surface area contributed by atoms with Crippen LogP contribution in [-0.4, -0.2) is 28.4 Å². The predicted molar refractivity (Wildman–Crippen MR) is 84.4 cm³/mol. The molecule has 5 heteroatoms. The molecule has 22 heavy (non-hydrogen) atoms. The highest BCUT2D eigenvalue weighted by atomic mass is 16.2. The van der Waals surface area contributed by atoms with E-state index in [0.29, 0.717) is 11.8 Å². The van der Waals surface area contributed by atoms with Gasteiger partial charge in [0.05, 0.1) is 17.3 Å². The number of hydrogen-bond acceptors (Lipinski definition) is 3. The molecule has 0 spiro atoms. The lowest BCUT2D eigenvalue weighted by molar-refractivity contribution is -0.124. The summed E-state index contributed by atoms with van der Waals surface area (Å²) in [5, 5.41) is 6.54. The average molecular weight is 298 g/mol. The Hall–Kier alpha value is -1.88. The lowest BCUT2D eigenvalue weighted by Crippen LogP contribution is -2.44. The minimum absolute atomic E-state index is 0.172. The minimum Gasteiger partial charge on any atom is -0.344 e. The molecule has 0 aromatic carbocycles. The third kappa shape index (κ3) is 1.96. The first-order chi connectivity index (χ1) is 10.5. The molecule has 0 radical (unpaired) electrons. The summed E-state index contributed by atoms with van der Waals surface area (Å²) in [5.74, 6) is 2.31. The fourth-order valence-corrected chi connectivity index (χ4v) is 3.88. The molecular formula is C17H22N4O. The second-order valence-electron chi connectivity index (χ2n) is 7.15. The fraction of sp³-hybridized carbons (Fsp3) is 0.529. The van der Waals surface area contributed by atoms with Crippen molar-refractivity contribution < 1.29 is 4.79 Å². The molecule has 1 aliphatic carbocycles. The Kier molecular flexibility index (Phi) is 2.85. The van der Waals surface area contributed by atoms with Crippen LogP contribution < -0.4 is 10.6 Å². The Bertz CT molecular complexity index is 738. The molecule has 1 amide bonds. The SMILES string of the molecule is Cc1cccn2c(C(C)(C)NC(=O)C3C4CNCC43)ncc12. The molecule has 2 unspecified atom stereocenters. The van der Waals surface area contributed by atoms with E-state index in [-0.39, 0.29) is 11.8 Å². The summed E-state index contributed by atoms with van der Waals surface area (Å²) < 4.78 is 2.07. The summed E-state index contributed by atoms with van der Waals surface area (Å²) in [6.07, 6.45) is 3.89. The number of piperidine rings is 1. The van der Waals surface area contributed by atoms with E-state index in [0.717, 1.165) is 24.4 Å². The molecule has 2 fully saturated rings. The van der Waals surface area contributed by atoms with Gasteiger partial charge in [0.15, 0.2) is 0 Å². The fourth-order valence-electron chi connectivity index (χ4n) is 3.88. The maximum absolute atomic E-state index is 12.6.